The fourth-order valence-electron chi connectivity index (χ4n) is 2.27. The molecule has 0 radical (unpaired) electrons. The maximum atomic E-state index is 12.3. The molecular weight excluding hydrogens is 340 g/mol. The van der Waals surface area contributed by atoms with Gasteiger partial charge in [0.25, 0.3) is 5.91 Å². The van der Waals surface area contributed by atoms with Crippen molar-refractivity contribution in [3.8, 4) is 0 Å². The zero-order valence-electron chi connectivity index (χ0n) is 13.6. The topological polar surface area (TPSA) is 80.0 Å². The first-order valence-corrected chi connectivity index (χ1v) is 8.17. The fourth-order valence-corrected chi connectivity index (χ4v) is 2.40. The maximum Gasteiger partial charge on any atom is 0.251 e. The summed E-state index contributed by atoms with van der Waals surface area (Å²) in [5, 5.41) is 10.4. The minimum atomic E-state index is -0.157. The summed E-state index contributed by atoms with van der Waals surface area (Å²) in [4.78, 5) is 16.5. The van der Waals surface area contributed by atoms with Gasteiger partial charge in [-0.05, 0) is 43.2 Å². The second-order valence-electron chi connectivity index (χ2n) is 5.51. The van der Waals surface area contributed by atoms with E-state index in [1.165, 1.54) is 0 Å². The number of rotatable bonds is 6. The van der Waals surface area contributed by atoms with Gasteiger partial charge in [0, 0.05) is 29.4 Å². The van der Waals surface area contributed by atoms with Crippen LogP contribution in [0.3, 0.4) is 0 Å². The van der Waals surface area contributed by atoms with E-state index in [0.29, 0.717) is 34.5 Å². The van der Waals surface area contributed by atoms with Crippen LogP contribution < -0.4 is 10.6 Å². The summed E-state index contributed by atoms with van der Waals surface area (Å²) in [6.45, 7) is 2.34. The largest absolute Gasteiger partial charge is 0.360 e. The van der Waals surface area contributed by atoms with E-state index >= 15 is 0 Å². The van der Waals surface area contributed by atoms with Crippen molar-refractivity contribution in [3.63, 3.8) is 0 Å². The highest BCUT2D eigenvalue weighted by molar-refractivity contribution is 6.30. The van der Waals surface area contributed by atoms with E-state index in [4.69, 9.17) is 16.1 Å². The molecule has 6 nitrogen and oxygen atoms in total. The lowest BCUT2D eigenvalue weighted by molar-refractivity contribution is 0.0954. The summed E-state index contributed by atoms with van der Waals surface area (Å²) in [5.41, 5.74) is 1.64. The Kier molecular flexibility index (Phi) is 5.30. The van der Waals surface area contributed by atoms with Crippen LogP contribution >= 0.6 is 11.6 Å². The molecule has 3 rings (SSSR count). The zero-order chi connectivity index (χ0) is 17.6. The minimum Gasteiger partial charge on any atom is -0.360 e. The van der Waals surface area contributed by atoms with Crippen LogP contribution in [-0.2, 0) is 6.42 Å². The number of nitrogens with one attached hydrogen (secondary N) is 2. The molecule has 0 fully saturated rings. The number of nitrogens with zero attached hydrogens (tertiary/aromatic N) is 2. The number of amides is 1. The zero-order valence-corrected chi connectivity index (χ0v) is 14.4. The third kappa shape index (κ3) is 4.81. The highest BCUT2D eigenvalue weighted by Gasteiger charge is 2.08. The van der Waals surface area contributed by atoms with Gasteiger partial charge in [-0.2, -0.15) is 0 Å². The van der Waals surface area contributed by atoms with Gasteiger partial charge >= 0.3 is 0 Å². The van der Waals surface area contributed by atoms with Gasteiger partial charge in [0.15, 0.2) is 5.82 Å². The molecule has 0 saturated carbocycles. The van der Waals surface area contributed by atoms with Crippen LogP contribution in [0.1, 0.15) is 21.7 Å². The highest BCUT2D eigenvalue weighted by atomic mass is 35.5. The van der Waals surface area contributed by atoms with Crippen LogP contribution in [0.25, 0.3) is 0 Å². The number of aryl methyl sites for hydroxylation is 1. The van der Waals surface area contributed by atoms with E-state index in [9.17, 15) is 4.79 Å². The Balaban J connectivity index is 1.56. The molecule has 2 aromatic heterocycles. The number of pyridine rings is 1. The second kappa shape index (κ2) is 7.81. The van der Waals surface area contributed by atoms with Crippen molar-refractivity contribution < 1.29 is 9.32 Å². The van der Waals surface area contributed by atoms with Crippen LogP contribution in [0.5, 0.6) is 0 Å². The number of carbonyl (C=O) groups excluding carboxylic acids is 1. The number of halogens is 1. The van der Waals surface area contributed by atoms with E-state index < -0.39 is 0 Å². The van der Waals surface area contributed by atoms with Crippen molar-refractivity contribution in [1.29, 1.82) is 0 Å². The maximum absolute atomic E-state index is 12.3. The van der Waals surface area contributed by atoms with Crippen molar-refractivity contribution in [3.05, 3.63) is 70.6 Å². The molecule has 128 valence electrons. The van der Waals surface area contributed by atoms with E-state index in [2.05, 4.69) is 20.8 Å². The predicted molar refractivity (Wildman–Crippen MR) is 96.2 cm³/mol. The molecule has 0 aliphatic carbocycles. The molecule has 0 aliphatic rings. The van der Waals surface area contributed by atoms with Crippen molar-refractivity contribution >= 4 is 29.1 Å². The van der Waals surface area contributed by atoms with Crippen molar-refractivity contribution in [2.75, 3.05) is 11.9 Å². The molecule has 2 heterocycles. The lowest BCUT2D eigenvalue weighted by Gasteiger charge is -2.07. The van der Waals surface area contributed by atoms with E-state index in [0.717, 1.165) is 12.0 Å². The number of anilines is 2. The van der Waals surface area contributed by atoms with Crippen molar-refractivity contribution in [1.82, 2.24) is 15.5 Å². The Labute approximate surface area is 150 Å². The first-order valence-electron chi connectivity index (χ1n) is 7.79. The Morgan fingerprint density at radius 3 is 2.68 bits per heavy atom. The summed E-state index contributed by atoms with van der Waals surface area (Å²) < 4.78 is 4.99. The summed E-state index contributed by atoms with van der Waals surface area (Å²) >= 11 is 5.86. The molecule has 0 spiro atoms. The fraction of sp³-hybridized carbons (Fsp3) is 0.167. The molecule has 0 unspecified atom stereocenters. The van der Waals surface area contributed by atoms with Crippen LogP contribution in [0.15, 0.2) is 53.2 Å². The average Bonchev–Trinajstić information content (AvgIpc) is 3.01. The van der Waals surface area contributed by atoms with E-state index in [1.54, 1.807) is 31.3 Å². The van der Waals surface area contributed by atoms with Gasteiger partial charge in [0.1, 0.15) is 11.6 Å². The van der Waals surface area contributed by atoms with Gasteiger partial charge in [-0.25, -0.2) is 4.98 Å². The molecule has 0 aliphatic heterocycles. The van der Waals surface area contributed by atoms with Crippen LogP contribution in [-0.4, -0.2) is 22.6 Å². The van der Waals surface area contributed by atoms with Crippen LogP contribution in [0.4, 0.5) is 11.6 Å². The van der Waals surface area contributed by atoms with Gasteiger partial charge in [-0.3, -0.25) is 4.79 Å². The monoisotopic (exact) mass is 356 g/mol. The molecule has 0 atom stereocenters. The summed E-state index contributed by atoms with van der Waals surface area (Å²) in [6, 6.07) is 12.7. The number of hydrogen-bond acceptors (Lipinski definition) is 5. The number of aromatic nitrogens is 2. The van der Waals surface area contributed by atoms with Gasteiger partial charge in [0.05, 0.1) is 0 Å². The first kappa shape index (κ1) is 17.0. The molecule has 1 aromatic carbocycles. The molecular formula is C18H17ClN4O2. The smallest absolute Gasteiger partial charge is 0.251 e. The molecule has 3 aromatic rings. The normalized spacial score (nSPS) is 10.5. The third-order valence-corrected chi connectivity index (χ3v) is 3.77. The lowest BCUT2D eigenvalue weighted by Crippen LogP contribution is -2.25. The minimum absolute atomic E-state index is 0.157. The molecule has 0 bridgehead atoms. The Morgan fingerprint density at radius 2 is 1.96 bits per heavy atom. The van der Waals surface area contributed by atoms with E-state index in [1.807, 2.05) is 24.3 Å². The summed E-state index contributed by atoms with van der Waals surface area (Å²) in [6.07, 6.45) is 2.31. The predicted octanol–water partition coefficient (Wildman–Crippen LogP) is 3.75. The third-order valence-electron chi connectivity index (χ3n) is 3.52. The standard InChI is InChI=1S/C18H17ClN4O2/c1-12-10-17(23-25-12)22-16-11-14(7-9-20-16)18(24)21-8-6-13-2-4-15(19)5-3-13/h2-5,7,9-11H,6,8H2,1H3,(H,21,24)(H,20,22,23). The molecule has 0 saturated heterocycles. The average molecular weight is 357 g/mol. The molecule has 25 heavy (non-hydrogen) atoms. The Morgan fingerprint density at radius 1 is 1.16 bits per heavy atom. The second-order valence-corrected chi connectivity index (χ2v) is 5.95. The van der Waals surface area contributed by atoms with Gasteiger partial charge < -0.3 is 15.2 Å². The van der Waals surface area contributed by atoms with Gasteiger partial charge in [-0.1, -0.05) is 28.9 Å². The van der Waals surface area contributed by atoms with E-state index in [-0.39, 0.29) is 5.91 Å². The van der Waals surface area contributed by atoms with Crippen molar-refractivity contribution in [2.45, 2.75) is 13.3 Å². The summed E-state index contributed by atoms with van der Waals surface area (Å²) in [7, 11) is 0. The highest BCUT2D eigenvalue weighted by Crippen LogP contribution is 2.15. The van der Waals surface area contributed by atoms with Gasteiger partial charge in [0.2, 0.25) is 0 Å². The molecule has 2 N–H and O–H groups in total. The number of carbonyl (C=O) groups is 1. The van der Waals surface area contributed by atoms with Crippen molar-refractivity contribution in [2.24, 2.45) is 0 Å². The van der Waals surface area contributed by atoms with Gasteiger partial charge in [-0.15, -0.1) is 0 Å². The summed E-state index contributed by atoms with van der Waals surface area (Å²) in [5.74, 6) is 1.61. The van der Waals surface area contributed by atoms with Crippen LogP contribution in [0.2, 0.25) is 5.02 Å². The molecule has 1 amide bonds. The quantitative estimate of drug-likeness (QED) is 0.703. The number of hydrogen-bond donors (Lipinski definition) is 2. The molecule has 7 heteroatoms. The Bertz CT molecular complexity index is 862. The SMILES string of the molecule is Cc1cc(Nc2cc(C(=O)NCCc3ccc(Cl)cc3)ccn2)no1. The first-order chi connectivity index (χ1) is 12.1. The van der Waals surface area contributed by atoms with Crippen LogP contribution in [0, 0.1) is 6.92 Å². The lowest BCUT2D eigenvalue weighted by atomic mass is 10.1. The Hall–Kier alpha value is -2.86. The number of benzene rings is 1.